The Morgan fingerprint density at radius 1 is 1.24 bits per heavy atom. The molecule has 0 saturated heterocycles. The third-order valence-corrected chi connectivity index (χ3v) is 3.43. The maximum atomic E-state index is 12.2. The van der Waals surface area contributed by atoms with Crippen molar-refractivity contribution in [3.8, 4) is 0 Å². The smallest absolute Gasteiger partial charge is 0.322 e. The maximum Gasteiger partial charge on any atom is 0.350 e. The van der Waals surface area contributed by atoms with Gasteiger partial charge in [-0.15, -0.1) is 5.10 Å². The first-order valence-corrected chi connectivity index (χ1v) is 6.77. The van der Waals surface area contributed by atoms with E-state index in [1.165, 1.54) is 9.08 Å². The number of aryl methyl sites for hydroxylation is 2. The minimum atomic E-state index is -0.279. The molecule has 2 heterocycles. The zero-order valence-electron chi connectivity index (χ0n) is 12.0. The van der Waals surface area contributed by atoms with E-state index in [0.29, 0.717) is 12.2 Å². The van der Waals surface area contributed by atoms with Crippen molar-refractivity contribution in [2.75, 3.05) is 0 Å². The van der Waals surface area contributed by atoms with E-state index in [9.17, 15) is 4.79 Å². The van der Waals surface area contributed by atoms with Gasteiger partial charge in [0.2, 0.25) is 0 Å². The van der Waals surface area contributed by atoms with Crippen molar-refractivity contribution in [1.82, 2.24) is 19.2 Å². The van der Waals surface area contributed by atoms with Gasteiger partial charge in [-0.1, -0.05) is 29.3 Å². The van der Waals surface area contributed by atoms with Crippen molar-refractivity contribution < 1.29 is 0 Å². The second kappa shape index (κ2) is 5.14. The number of hydrogen-bond acceptors (Lipinski definition) is 4. The van der Waals surface area contributed by atoms with Crippen LogP contribution in [0.4, 0.5) is 0 Å². The van der Waals surface area contributed by atoms with Crippen LogP contribution in [0, 0.1) is 13.8 Å². The fourth-order valence-electron chi connectivity index (χ4n) is 2.51. The summed E-state index contributed by atoms with van der Waals surface area (Å²) >= 11 is 0. The predicted octanol–water partition coefficient (Wildman–Crippen LogP) is 1.21. The molecule has 0 aliphatic heterocycles. The minimum Gasteiger partial charge on any atom is -0.322 e. The second-order valence-electron chi connectivity index (χ2n) is 5.30. The molecule has 108 valence electrons. The van der Waals surface area contributed by atoms with E-state index >= 15 is 0 Å². The van der Waals surface area contributed by atoms with Crippen LogP contribution < -0.4 is 11.4 Å². The van der Waals surface area contributed by atoms with Crippen LogP contribution in [0.1, 0.15) is 22.7 Å². The molecule has 0 fully saturated rings. The van der Waals surface area contributed by atoms with Crippen molar-refractivity contribution in [1.29, 1.82) is 0 Å². The molecule has 0 radical (unpaired) electrons. The summed E-state index contributed by atoms with van der Waals surface area (Å²) in [4.78, 5) is 16.2. The molecule has 1 unspecified atom stereocenters. The summed E-state index contributed by atoms with van der Waals surface area (Å²) in [5.41, 5.74) is 9.88. The van der Waals surface area contributed by atoms with Gasteiger partial charge in [0.25, 0.3) is 0 Å². The highest BCUT2D eigenvalue weighted by Crippen LogP contribution is 2.16. The van der Waals surface area contributed by atoms with Crippen LogP contribution in [0.25, 0.3) is 5.65 Å². The lowest BCUT2D eigenvalue weighted by atomic mass is 10.0. The SMILES string of the molecule is Cc1cc(C)cc(C(N)Cn2nc3cnccn3c2=O)c1. The van der Waals surface area contributed by atoms with Crippen molar-refractivity contribution in [3.05, 3.63) is 64.0 Å². The van der Waals surface area contributed by atoms with E-state index in [0.717, 1.165) is 16.7 Å². The van der Waals surface area contributed by atoms with Gasteiger partial charge in [0, 0.05) is 18.4 Å². The highest BCUT2D eigenvalue weighted by Gasteiger charge is 2.12. The monoisotopic (exact) mass is 283 g/mol. The molecule has 2 N–H and O–H groups in total. The van der Waals surface area contributed by atoms with Gasteiger partial charge < -0.3 is 5.73 Å². The predicted molar refractivity (Wildman–Crippen MR) is 80.1 cm³/mol. The lowest BCUT2D eigenvalue weighted by Crippen LogP contribution is -2.27. The fourth-order valence-corrected chi connectivity index (χ4v) is 2.51. The third-order valence-electron chi connectivity index (χ3n) is 3.43. The number of benzene rings is 1. The number of nitrogens with zero attached hydrogens (tertiary/aromatic N) is 4. The first-order chi connectivity index (χ1) is 10.0. The van der Waals surface area contributed by atoms with Crippen molar-refractivity contribution in [2.24, 2.45) is 5.73 Å². The third kappa shape index (κ3) is 2.57. The van der Waals surface area contributed by atoms with E-state index < -0.39 is 0 Å². The van der Waals surface area contributed by atoms with Gasteiger partial charge in [0.1, 0.15) is 0 Å². The van der Waals surface area contributed by atoms with E-state index in [2.05, 4.69) is 16.1 Å². The van der Waals surface area contributed by atoms with Crippen LogP contribution in [0.15, 0.2) is 41.6 Å². The molecule has 0 spiro atoms. The molecule has 0 saturated carbocycles. The summed E-state index contributed by atoms with van der Waals surface area (Å²) in [6.45, 7) is 4.40. The normalized spacial score (nSPS) is 12.7. The van der Waals surface area contributed by atoms with Gasteiger partial charge in [0.05, 0.1) is 12.7 Å². The van der Waals surface area contributed by atoms with Crippen LogP contribution in [0.3, 0.4) is 0 Å². The average molecular weight is 283 g/mol. The molecule has 0 bridgehead atoms. The molecule has 6 nitrogen and oxygen atoms in total. The lowest BCUT2D eigenvalue weighted by Gasteiger charge is -2.13. The Balaban J connectivity index is 1.94. The summed E-state index contributed by atoms with van der Waals surface area (Å²) in [6.07, 6.45) is 4.72. The van der Waals surface area contributed by atoms with E-state index in [4.69, 9.17) is 5.73 Å². The number of nitrogens with two attached hydrogens (primary N) is 1. The molecule has 0 aliphatic carbocycles. The number of aromatic nitrogens is 4. The quantitative estimate of drug-likeness (QED) is 0.783. The van der Waals surface area contributed by atoms with Gasteiger partial charge in [-0.05, 0) is 19.4 Å². The molecular weight excluding hydrogens is 266 g/mol. The van der Waals surface area contributed by atoms with Gasteiger partial charge in [-0.2, -0.15) is 0 Å². The van der Waals surface area contributed by atoms with E-state index in [1.807, 2.05) is 26.0 Å². The van der Waals surface area contributed by atoms with Gasteiger partial charge in [0.15, 0.2) is 5.65 Å². The Labute approximate surface area is 121 Å². The second-order valence-corrected chi connectivity index (χ2v) is 5.30. The number of rotatable bonds is 3. The summed E-state index contributed by atoms with van der Waals surface area (Å²) in [7, 11) is 0. The molecule has 1 atom stereocenters. The molecule has 2 aromatic heterocycles. The summed E-state index contributed by atoms with van der Waals surface area (Å²) < 4.78 is 2.85. The standard InChI is InChI=1S/C15H17N5O/c1-10-5-11(2)7-12(6-10)13(16)9-20-15(21)19-4-3-17-8-14(19)18-20/h3-8,13H,9,16H2,1-2H3. The van der Waals surface area contributed by atoms with Gasteiger partial charge in [-0.25, -0.2) is 13.9 Å². The fraction of sp³-hybridized carbons (Fsp3) is 0.267. The van der Waals surface area contributed by atoms with Crippen LogP contribution in [-0.2, 0) is 6.54 Å². The number of fused-ring (bicyclic) bond motifs is 1. The minimum absolute atomic E-state index is 0.202. The van der Waals surface area contributed by atoms with E-state index in [1.54, 1.807) is 18.6 Å². The largest absolute Gasteiger partial charge is 0.350 e. The summed E-state index contributed by atoms with van der Waals surface area (Å²) in [5, 5.41) is 4.25. The van der Waals surface area contributed by atoms with Crippen LogP contribution in [0.5, 0.6) is 0 Å². The highest BCUT2D eigenvalue weighted by molar-refractivity contribution is 5.32. The zero-order valence-corrected chi connectivity index (χ0v) is 12.0. The Morgan fingerprint density at radius 3 is 2.62 bits per heavy atom. The molecule has 6 heteroatoms. The summed E-state index contributed by atoms with van der Waals surface area (Å²) in [5.74, 6) is 0. The Hall–Kier alpha value is -2.47. The molecule has 3 rings (SSSR count). The maximum absolute atomic E-state index is 12.2. The van der Waals surface area contributed by atoms with Crippen LogP contribution >= 0.6 is 0 Å². The van der Waals surface area contributed by atoms with Crippen LogP contribution in [0.2, 0.25) is 0 Å². The Morgan fingerprint density at radius 2 is 1.95 bits per heavy atom. The van der Waals surface area contributed by atoms with Gasteiger partial charge >= 0.3 is 5.69 Å². The lowest BCUT2D eigenvalue weighted by molar-refractivity contribution is 0.513. The van der Waals surface area contributed by atoms with Crippen molar-refractivity contribution in [2.45, 2.75) is 26.4 Å². The van der Waals surface area contributed by atoms with Crippen molar-refractivity contribution in [3.63, 3.8) is 0 Å². The number of hydrogen-bond donors (Lipinski definition) is 1. The Kier molecular flexibility index (Phi) is 3.31. The average Bonchev–Trinajstić information content (AvgIpc) is 2.75. The molecule has 3 aromatic rings. The van der Waals surface area contributed by atoms with Gasteiger partial charge in [-0.3, -0.25) is 4.98 Å². The first kappa shape index (κ1) is 13.5. The summed E-state index contributed by atoms with van der Waals surface area (Å²) in [6, 6.07) is 5.90. The molecule has 1 aromatic carbocycles. The van der Waals surface area contributed by atoms with E-state index in [-0.39, 0.29) is 11.7 Å². The van der Waals surface area contributed by atoms with Crippen molar-refractivity contribution >= 4 is 5.65 Å². The first-order valence-electron chi connectivity index (χ1n) is 6.77. The molecular formula is C15H17N5O. The Bertz CT molecular complexity index is 828. The van der Waals surface area contributed by atoms with Crippen LogP contribution in [-0.4, -0.2) is 19.2 Å². The molecule has 21 heavy (non-hydrogen) atoms. The molecule has 0 amide bonds. The highest BCUT2D eigenvalue weighted by atomic mass is 16.2. The topological polar surface area (TPSA) is 78.2 Å². The zero-order chi connectivity index (χ0) is 15.0. The molecule has 0 aliphatic rings.